The molecule has 1 N–H and O–H groups in total. The monoisotopic (exact) mass is 532 g/mol. The van der Waals surface area contributed by atoms with E-state index in [-0.39, 0.29) is 29.7 Å². The lowest BCUT2D eigenvalue weighted by Crippen LogP contribution is -2.43. The summed E-state index contributed by atoms with van der Waals surface area (Å²) in [6, 6.07) is 6.93. The van der Waals surface area contributed by atoms with Gasteiger partial charge < -0.3 is 5.32 Å². The fourth-order valence-electron chi connectivity index (χ4n) is 5.67. The smallest absolute Gasteiger partial charge is 0.254 e. The number of nitrogens with one attached hydrogen (secondary N) is 1. The molecule has 0 spiro atoms. The van der Waals surface area contributed by atoms with E-state index in [0.29, 0.717) is 45.6 Å². The molecule has 0 radical (unpaired) electrons. The van der Waals surface area contributed by atoms with Crippen molar-refractivity contribution >= 4 is 29.2 Å². The van der Waals surface area contributed by atoms with Crippen molar-refractivity contribution < 1.29 is 14.0 Å². The van der Waals surface area contributed by atoms with E-state index in [4.69, 9.17) is 11.6 Å². The zero-order valence-corrected chi connectivity index (χ0v) is 21.7. The molecular weight excluding hydrogens is 507 g/mol. The second-order valence-corrected chi connectivity index (χ2v) is 11.0. The van der Waals surface area contributed by atoms with Crippen molar-refractivity contribution in [3.05, 3.63) is 75.4 Å². The van der Waals surface area contributed by atoms with Gasteiger partial charge in [0.2, 0.25) is 5.91 Å². The van der Waals surface area contributed by atoms with E-state index in [9.17, 15) is 14.9 Å². The number of carbonyl (C=O) groups excluding carboxylic acids is 2. The number of amides is 2. The maximum Gasteiger partial charge on any atom is 0.254 e. The normalized spacial score (nSPS) is 24.4. The molecule has 38 heavy (non-hydrogen) atoms. The van der Waals surface area contributed by atoms with E-state index >= 15 is 4.39 Å². The molecule has 10 heteroatoms. The summed E-state index contributed by atoms with van der Waals surface area (Å²) in [7, 11) is 0. The Bertz CT molecular complexity index is 1510. The lowest BCUT2D eigenvalue weighted by Gasteiger charge is -2.36. The van der Waals surface area contributed by atoms with Crippen LogP contribution < -0.4 is 10.2 Å². The minimum Gasteiger partial charge on any atom is -0.349 e. The number of halogens is 2. The van der Waals surface area contributed by atoms with Crippen LogP contribution in [0.3, 0.4) is 0 Å². The third-order valence-corrected chi connectivity index (χ3v) is 8.42. The molecule has 6 rings (SSSR count). The topological polar surface area (TPSA) is 104 Å². The summed E-state index contributed by atoms with van der Waals surface area (Å²) in [4.78, 5) is 31.3. The van der Waals surface area contributed by atoms with Crippen LogP contribution in [0.1, 0.15) is 70.8 Å². The van der Waals surface area contributed by atoms with Crippen LogP contribution in [0.5, 0.6) is 0 Å². The fraction of sp³-hybridized carbons (Fsp3) is 0.393. The van der Waals surface area contributed by atoms with Gasteiger partial charge in [0.1, 0.15) is 11.6 Å². The Balaban J connectivity index is 1.11. The zero-order chi connectivity index (χ0) is 26.7. The van der Waals surface area contributed by atoms with Gasteiger partial charge in [-0.15, -0.1) is 0 Å². The summed E-state index contributed by atoms with van der Waals surface area (Å²) < 4.78 is 16.9. The highest BCUT2D eigenvalue weighted by Crippen LogP contribution is 2.47. The van der Waals surface area contributed by atoms with Crippen LogP contribution in [0, 0.1) is 35.9 Å². The molecule has 2 amide bonds. The molecule has 8 nitrogen and oxygen atoms in total. The lowest BCUT2D eigenvalue weighted by atomic mass is 9.74. The number of benzene rings is 1. The molecule has 3 fully saturated rings. The minimum absolute atomic E-state index is 0.0185. The van der Waals surface area contributed by atoms with E-state index in [0.717, 1.165) is 24.8 Å². The maximum atomic E-state index is 15.4. The van der Waals surface area contributed by atoms with Crippen molar-refractivity contribution in [1.82, 2.24) is 20.1 Å². The largest absolute Gasteiger partial charge is 0.349 e. The Morgan fingerprint density at radius 3 is 2.79 bits per heavy atom. The van der Waals surface area contributed by atoms with Gasteiger partial charge in [-0.3, -0.25) is 19.2 Å². The molecule has 3 aliphatic rings. The molecule has 3 atom stereocenters. The molecular formula is C28H26ClFN6O2. The fourth-order valence-corrected chi connectivity index (χ4v) is 5.85. The van der Waals surface area contributed by atoms with Crippen LogP contribution in [0.4, 0.5) is 10.2 Å². The number of rotatable bonds is 6. The van der Waals surface area contributed by atoms with Gasteiger partial charge in [-0.25, -0.2) is 9.37 Å². The van der Waals surface area contributed by atoms with E-state index in [2.05, 4.69) is 21.5 Å². The highest BCUT2D eigenvalue weighted by molar-refractivity contribution is 6.30. The number of piperidine rings is 1. The van der Waals surface area contributed by atoms with E-state index in [1.165, 1.54) is 12.4 Å². The molecule has 3 aromatic rings. The van der Waals surface area contributed by atoms with Gasteiger partial charge in [-0.05, 0) is 68.7 Å². The second kappa shape index (κ2) is 9.21. The first-order valence-electron chi connectivity index (χ1n) is 12.8. The molecule has 1 aromatic carbocycles. The summed E-state index contributed by atoms with van der Waals surface area (Å²) >= 11 is 6.11. The number of aromatic nitrogens is 3. The van der Waals surface area contributed by atoms with E-state index in [1.54, 1.807) is 41.8 Å². The predicted molar refractivity (Wildman–Crippen MR) is 138 cm³/mol. The second-order valence-electron chi connectivity index (χ2n) is 10.6. The van der Waals surface area contributed by atoms with Crippen molar-refractivity contribution in [3.8, 4) is 6.07 Å². The van der Waals surface area contributed by atoms with Crippen molar-refractivity contribution in [2.24, 2.45) is 11.8 Å². The third kappa shape index (κ3) is 4.13. The Morgan fingerprint density at radius 2 is 2.08 bits per heavy atom. The average Bonchev–Trinajstić information content (AvgIpc) is 3.33. The number of nitriles is 1. The predicted octanol–water partition coefficient (Wildman–Crippen LogP) is 4.52. The quantitative estimate of drug-likeness (QED) is 0.502. The Labute approximate surface area is 224 Å². The SMILES string of the molecule is Cc1c(N2C[C@H]3C[C@H]3C2=O)ncc([C@@H](C)n2cc(C(=O)NC3CC(c4cc(Cl)ccc4C#N)C3)cn2)c1F. The standard InChI is InChI=1S/C28H26ClFN6O2/c1-14-25(30)24(11-32-26(14)35-12-18-7-23(18)28(35)38)15(2)36-13-19(10-33-36)27(37)34-21-5-17(6-21)22-8-20(29)4-3-16(22)9-31/h3-4,8,10-11,13,15,17-18,21,23H,5-7,12H2,1-2H3,(H,34,37)/t15-,17?,18-,21?,23-/m1/s1. The van der Waals surface area contributed by atoms with Gasteiger partial charge in [-0.2, -0.15) is 10.4 Å². The molecule has 3 heterocycles. The number of carbonyl (C=O) groups is 2. The summed E-state index contributed by atoms with van der Waals surface area (Å²) in [5, 5.41) is 17.3. The molecule has 1 aliphatic heterocycles. The number of nitrogens with zero attached hydrogens (tertiary/aromatic N) is 5. The Kier molecular flexibility index (Phi) is 5.95. The van der Waals surface area contributed by atoms with Gasteiger partial charge in [0.15, 0.2) is 0 Å². The first-order valence-corrected chi connectivity index (χ1v) is 13.1. The number of hydrogen-bond donors (Lipinski definition) is 1. The summed E-state index contributed by atoms with van der Waals surface area (Å²) in [5.74, 6) is 0.352. The Morgan fingerprint density at radius 1 is 1.29 bits per heavy atom. The Hall–Kier alpha value is -3.77. The summed E-state index contributed by atoms with van der Waals surface area (Å²) in [5.41, 5.74) is 2.58. The molecule has 1 saturated heterocycles. The summed E-state index contributed by atoms with van der Waals surface area (Å²) in [6.07, 6.45) is 6.88. The number of fused-ring (bicyclic) bond motifs is 1. The highest BCUT2D eigenvalue weighted by Gasteiger charge is 2.53. The van der Waals surface area contributed by atoms with Crippen LogP contribution in [0.15, 0.2) is 36.8 Å². The third-order valence-electron chi connectivity index (χ3n) is 8.18. The molecule has 0 bridgehead atoms. The molecule has 2 saturated carbocycles. The molecule has 2 aromatic heterocycles. The van der Waals surface area contributed by atoms with Crippen molar-refractivity contribution in [2.45, 2.75) is 51.1 Å². The van der Waals surface area contributed by atoms with Crippen LogP contribution in [-0.2, 0) is 4.79 Å². The number of anilines is 1. The molecule has 0 unspecified atom stereocenters. The van der Waals surface area contributed by atoms with Crippen LogP contribution in [-0.4, -0.2) is 39.2 Å². The first-order chi connectivity index (χ1) is 18.2. The van der Waals surface area contributed by atoms with Gasteiger partial charge in [0, 0.05) is 47.0 Å². The van der Waals surface area contributed by atoms with Crippen molar-refractivity contribution in [2.75, 3.05) is 11.4 Å². The summed E-state index contributed by atoms with van der Waals surface area (Å²) in [6.45, 7) is 4.03. The first kappa shape index (κ1) is 24.6. The van der Waals surface area contributed by atoms with Crippen LogP contribution >= 0.6 is 11.6 Å². The number of hydrogen-bond acceptors (Lipinski definition) is 5. The van der Waals surface area contributed by atoms with E-state index < -0.39 is 11.9 Å². The van der Waals surface area contributed by atoms with Gasteiger partial charge in [-0.1, -0.05) is 11.6 Å². The van der Waals surface area contributed by atoms with Crippen molar-refractivity contribution in [1.29, 1.82) is 5.26 Å². The van der Waals surface area contributed by atoms with Crippen molar-refractivity contribution in [3.63, 3.8) is 0 Å². The van der Waals surface area contributed by atoms with Crippen LogP contribution in [0.25, 0.3) is 0 Å². The maximum absolute atomic E-state index is 15.4. The molecule has 2 aliphatic carbocycles. The molecule has 194 valence electrons. The van der Waals surface area contributed by atoms with Crippen LogP contribution in [0.2, 0.25) is 5.02 Å². The average molecular weight is 533 g/mol. The zero-order valence-electron chi connectivity index (χ0n) is 21.0. The number of pyridine rings is 1. The van der Waals surface area contributed by atoms with Gasteiger partial charge in [0.25, 0.3) is 5.91 Å². The lowest BCUT2D eigenvalue weighted by molar-refractivity contribution is -0.118. The van der Waals surface area contributed by atoms with Gasteiger partial charge >= 0.3 is 0 Å². The van der Waals surface area contributed by atoms with E-state index in [1.807, 2.05) is 6.07 Å². The highest BCUT2D eigenvalue weighted by atomic mass is 35.5. The van der Waals surface area contributed by atoms with Gasteiger partial charge in [0.05, 0.1) is 29.4 Å². The minimum atomic E-state index is -0.500.